The van der Waals surface area contributed by atoms with Gasteiger partial charge in [0.05, 0.1) is 22.4 Å². The second kappa shape index (κ2) is 17.0. The maximum absolute atomic E-state index is 12.4. The van der Waals surface area contributed by atoms with Crippen LogP contribution in [0.25, 0.3) is 0 Å². The molecule has 3 aliphatic rings. The van der Waals surface area contributed by atoms with Crippen molar-refractivity contribution in [2.45, 2.75) is 80.9 Å². The van der Waals surface area contributed by atoms with Gasteiger partial charge in [-0.05, 0) is 75.6 Å². The summed E-state index contributed by atoms with van der Waals surface area (Å²) in [6.07, 6.45) is 15.2. The number of amides is 3. The highest BCUT2D eigenvalue weighted by Crippen LogP contribution is 2.48. The van der Waals surface area contributed by atoms with Crippen LogP contribution in [0.4, 0.5) is 11.4 Å². The number of anilines is 1. The number of nitrogens with one attached hydrogen (secondary N) is 1. The number of unbranched alkanes of at least 4 members (excludes halogenated alkanes) is 2. The van der Waals surface area contributed by atoms with Crippen molar-refractivity contribution in [1.82, 2.24) is 10.2 Å². The minimum Gasteiger partial charge on any atom is -0.354 e. The first-order chi connectivity index (χ1) is 25.6. The van der Waals surface area contributed by atoms with Gasteiger partial charge in [0, 0.05) is 84.0 Å². The molecule has 0 atom stereocenters. The highest BCUT2D eigenvalue weighted by atomic mass is 32.2. The number of fused-ring (bicyclic) bond motifs is 2. The maximum Gasteiger partial charge on any atom is 0.294 e. The molecule has 13 nitrogen and oxygen atoms in total. The van der Waals surface area contributed by atoms with Crippen molar-refractivity contribution in [1.29, 1.82) is 0 Å². The fraction of sp³-hybridized carbons (Fsp3) is 0.385. The number of likely N-dealkylation sites (N-methyl/N-ethyl adjacent to an activating group) is 1. The standard InChI is InChI=1S/C39H46N4O9S2/c1-6-41-31-19-17-28(54(48,49)50)26-30(31)39(4,5)33(41)13-9-7-10-14-34-38(2,3)29-25-27(53-52-51-47)16-18-32(29)42(34)23-12-8-11-15-35(44)40-22-24-43-36(45)20-21-37(43)46/h7,9-10,13-14,16-21,25-26H,6,8,11-12,15,22-24H2,1-5H3,(H2-,40,44,47,48,49,50)/p+1. The summed E-state index contributed by atoms with van der Waals surface area (Å²) in [4.78, 5) is 39.7. The number of rotatable bonds is 17. The molecule has 3 aliphatic heterocycles. The third-order valence-corrected chi connectivity index (χ3v) is 11.5. The van der Waals surface area contributed by atoms with Crippen LogP contribution in [-0.2, 0) is 44.7 Å². The summed E-state index contributed by atoms with van der Waals surface area (Å²) in [6, 6.07) is 10.6. The molecular weight excluding hydrogens is 733 g/mol. The number of nitrogens with zero attached hydrogens (tertiary/aromatic N) is 3. The quantitative estimate of drug-likeness (QED) is 0.0246. The molecule has 5 rings (SSSR count). The molecule has 0 saturated heterocycles. The minimum absolute atomic E-state index is 0.125. The monoisotopic (exact) mass is 779 g/mol. The van der Waals surface area contributed by atoms with Gasteiger partial charge in [0.25, 0.3) is 21.9 Å². The molecule has 0 saturated carbocycles. The Morgan fingerprint density at radius 1 is 0.944 bits per heavy atom. The van der Waals surface area contributed by atoms with Crippen molar-refractivity contribution in [3.05, 3.63) is 95.8 Å². The molecule has 3 heterocycles. The van der Waals surface area contributed by atoms with E-state index in [1.54, 1.807) is 12.1 Å². The zero-order valence-corrected chi connectivity index (χ0v) is 32.7. The summed E-state index contributed by atoms with van der Waals surface area (Å²) >= 11 is 0.906. The third-order valence-electron chi connectivity index (χ3n) is 10.1. The SMILES string of the molecule is CCN1/C(=C/C=C/C=C/C2=[N+](CCCCCC(=O)NCCN3C(=O)C=CC3=O)c3ccc(SOOO)cc3C2(C)C)C(C)(C)c2cc(S(=O)(=O)O)ccc21. The van der Waals surface area contributed by atoms with Gasteiger partial charge in [-0.2, -0.15) is 13.0 Å². The Morgan fingerprint density at radius 3 is 2.37 bits per heavy atom. The summed E-state index contributed by atoms with van der Waals surface area (Å²) in [5.41, 5.74) is 5.05. The van der Waals surface area contributed by atoms with Crippen LogP contribution in [-0.4, -0.2) is 77.3 Å². The van der Waals surface area contributed by atoms with Crippen molar-refractivity contribution in [3.63, 3.8) is 0 Å². The number of hydrogen-bond acceptors (Lipinski definition) is 10. The Bertz CT molecular complexity index is 2050. The van der Waals surface area contributed by atoms with Crippen LogP contribution in [0, 0.1) is 0 Å². The van der Waals surface area contributed by atoms with E-state index in [9.17, 15) is 27.4 Å². The minimum atomic E-state index is -4.34. The highest BCUT2D eigenvalue weighted by Gasteiger charge is 2.44. The number of benzene rings is 2. The van der Waals surface area contributed by atoms with E-state index in [1.807, 2.05) is 63.3 Å². The lowest BCUT2D eigenvalue weighted by Crippen LogP contribution is -2.38. The zero-order chi connectivity index (χ0) is 39.3. The lowest BCUT2D eigenvalue weighted by molar-refractivity contribution is -0.438. The van der Waals surface area contributed by atoms with Crippen molar-refractivity contribution in [2.24, 2.45) is 0 Å². The molecule has 288 valence electrons. The smallest absolute Gasteiger partial charge is 0.294 e. The van der Waals surface area contributed by atoms with E-state index in [1.165, 1.54) is 18.2 Å². The van der Waals surface area contributed by atoms with Crippen LogP contribution < -0.4 is 10.2 Å². The lowest BCUT2D eigenvalue weighted by atomic mass is 9.81. The number of carbonyl (C=O) groups is 3. The van der Waals surface area contributed by atoms with E-state index in [4.69, 9.17) is 9.59 Å². The molecule has 15 heteroatoms. The molecule has 0 spiro atoms. The van der Waals surface area contributed by atoms with Crippen LogP contribution in [0.1, 0.15) is 71.4 Å². The molecule has 0 aliphatic carbocycles. The van der Waals surface area contributed by atoms with Gasteiger partial charge >= 0.3 is 0 Å². The summed E-state index contributed by atoms with van der Waals surface area (Å²) in [7, 11) is -4.34. The summed E-state index contributed by atoms with van der Waals surface area (Å²) < 4.78 is 40.4. The Hall–Kier alpha value is -4.38. The van der Waals surface area contributed by atoms with E-state index in [0.717, 1.165) is 68.6 Å². The lowest BCUT2D eigenvalue weighted by Gasteiger charge is -2.25. The predicted octanol–water partition coefficient (Wildman–Crippen LogP) is 6.15. The van der Waals surface area contributed by atoms with Crippen LogP contribution in [0.3, 0.4) is 0 Å². The average molecular weight is 780 g/mol. The molecule has 3 N–H and O–H groups in total. The Kier molecular flexibility index (Phi) is 12.8. The van der Waals surface area contributed by atoms with Gasteiger partial charge in [-0.15, -0.1) is 4.33 Å². The van der Waals surface area contributed by atoms with Gasteiger partial charge in [0.2, 0.25) is 11.6 Å². The van der Waals surface area contributed by atoms with E-state index in [2.05, 4.69) is 39.8 Å². The largest absolute Gasteiger partial charge is 0.354 e. The van der Waals surface area contributed by atoms with Crippen molar-refractivity contribution in [2.75, 3.05) is 31.1 Å². The van der Waals surface area contributed by atoms with Gasteiger partial charge in [0.1, 0.15) is 6.54 Å². The maximum atomic E-state index is 12.4. The average Bonchev–Trinajstić information content (AvgIpc) is 3.64. The summed E-state index contributed by atoms with van der Waals surface area (Å²) in [6.45, 7) is 12.2. The second-order valence-electron chi connectivity index (χ2n) is 14.2. The third kappa shape index (κ3) is 8.77. The molecule has 0 aromatic heterocycles. The van der Waals surface area contributed by atoms with Crippen LogP contribution in [0.15, 0.2) is 94.4 Å². The normalized spacial score (nSPS) is 18.2. The first-order valence-corrected chi connectivity index (χ1v) is 20.0. The molecular formula is C39H47N4O9S2+. The molecule has 54 heavy (non-hydrogen) atoms. The Morgan fingerprint density at radius 2 is 1.69 bits per heavy atom. The molecule has 0 bridgehead atoms. The molecule has 3 amide bonds. The number of allylic oxidation sites excluding steroid dienone is 6. The zero-order valence-electron chi connectivity index (χ0n) is 31.1. The number of carbonyl (C=O) groups excluding carboxylic acids is 3. The van der Waals surface area contributed by atoms with Crippen LogP contribution in [0.2, 0.25) is 0 Å². The fourth-order valence-electron chi connectivity index (χ4n) is 7.29. The molecule has 0 unspecified atom stereocenters. The van der Waals surface area contributed by atoms with Gasteiger partial charge in [0.15, 0.2) is 5.71 Å². The van der Waals surface area contributed by atoms with Crippen LogP contribution >= 0.6 is 12.0 Å². The predicted molar refractivity (Wildman–Crippen MR) is 206 cm³/mol. The number of imide groups is 1. The highest BCUT2D eigenvalue weighted by molar-refractivity contribution is 7.94. The Balaban J connectivity index is 1.28. The van der Waals surface area contributed by atoms with Gasteiger partial charge in [-0.25, -0.2) is 5.26 Å². The first-order valence-electron chi connectivity index (χ1n) is 17.8. The van der Waals surface area contributed by atoms with Crippen molar-refractivity contribution < 1.29 is 46.6 Å². The van der Waals surface area contributed by atoms with Crippen molar-refractivity contribution >= 4 is 57.0 Å². The van der Waals surface area contributed by atoms with Crippen LogP contribution in [0.5, 0.6) is 0 Å². The summed E-state index contributed by atoms with van der Waals surface area (Å²) in [5, 5.41) is 15.3. The second-order valence-corrected chi connectivity index (χ2v) is 16.4. The Labute approximate surface area is 320 Å². The summed E-state index contributed by atoms with van der Waals surface area (Å²) in [5.74, 6) is -0.862. The molecule has 2 aromatic rings. The topological polar surface area (TPSA) is 166 Å². The first kappa shape index (κ1) is 40.8. The van der Waals surface area contributed by atoms with E-state index in [-0.39, 0.29) is 41.1 Å². The van der Waals surface area contributed by atoms with E-state index < -0.39 is 15.5 Å². The molecule has 2 aromatic carbocycles. The van der Waals surface area contributed by atoms with E-state index >= 15 is 0 Å². The molecule has 0 radical (unpaired) electrons. The van der Waals surface area contributed by atoms with Gasteiger partial charge < -0.3 is 10.2 Å². The molecule has 0 fully saturated rings. The number of hydrogen-bond donors (Lipinski definition) is 3. The van der Waals surface area contributed by atoms with Gasteiger partial charge in [-0.3, -0.25) is 23.8 Å². The van der Waals surface area contributed by atoms with Crippen molar-refractivity contribution in [3.8, 4) is 0 Å². The fourth-order valence-corrected chi connectivity index (χ4v) is 8.20. The van der Waals surface area contributed by atoms with Gasteiger partial charge in [-0.1, -0.05) is 37.1 Å². The van der Waals surface area contributed by atoms with E-state index in [0.29, 0.717) is 25.9 Å².